The lowest BCUT2D eigenvalue weighted by molar-refractivity contribution is -0.116. The molecule has 0 bridgehead atoms. The van der Waals surface area contributed by atoms with Gasteiger partial charge in [0.1, 0.15) is 5.76 Å². The number of hydrogen-bond donors (Lipinski definition) is 2. The summed E-state index contributed by atoms with van der Waals surface area (Å²) in [6, 6.07) is 3.51. The summed E-state index contributed by atoms with van der Waals surface area (Å²) >= 11 is 3.17. The van der Waals surface area contributed by atoms with Gasteiger partial charge in [0.05, 0.1) is 6.10 Å². The van der Waals surface area contributed by atoms with E-state index in [4.69, 9.17) is 9.52 Å². The van der Waals surface area contributed by atoms with Crippen LogP contribution in [0.3, 0.4) is 0 Å². The van der Waals surface area contributed by atoms with Crippen molar-refractivity contribution in [3.63, 3.8) is 0 Å². The number of hydrogen-bond acceptors (Lipinski definition) is 3. The summed E-state index contributed by atoms with van der Waals surface area (Å²) in [4.78, 5) is 11.3. The molecule has 16 heavy (non-hydrogen) atoms. The van der Waals surface area contributed by atoms with Crippen molar-refractivity contribution in [3.05, 3.63) is 28.6 Å². The Morgan fingerprint density at radius 1 is 1.69 bits per heavy atom. The van der Waals surface area contributed by atoms with Crippen LogP contribution in [0.1, 0.15) is 19.1 Å². The number of aliphatic hydroxyl groups is 1. The van der Waals surface area contributed by atoms with Gasteiger partial charge in [0.2, 0.25) is 5.91 Å². The van der Waals surface area contributed by atoms with Gasteiger partial charge in [-0.15, -0.1) is 0 Å². The van der Waals surface area contributed by atoms with E-state index in [1.165, 1.54) is 6.08 Å². The van der Waals surface area contributed by atoms with Gasteiger partial charge in [-0.1, -0.05) is 0 Å². The van der Waals surface area contributed by atoms with E-state index in [-0.39, 0.29) is 5.91 Å². The van der Waals surface area contributed by atoms with Crippen molar-refractivity contribution in [1.29, 1.82) is 0 Å². The summed E-state index contributed by atoms with van der Waals surface area (Å²) in [6.45, 7) is 2.14. The minimum atomic E-state index is -0.398. The molecule has 5 heteroatoms. The van der Waals surface area contributed by atoms with Crippen molar-refractivity contribution in [2.24, 2.45) is 0 Å². The van der Waals surface area contributed by atoms with E-state index in [2.05, 4.69) is 21.2 Å². The van der Waals surface area contributed by atoms with Crippen LogP contribution >= 0.6 is 15.9 Å². The highest BCUT2D eigenvalue weighted by Crippen LogP contribution is 2.14. The van der Waals surface area contributed by atoms with Gasteiger partial charge in [-0.05, 0) is 47.5 Å². The second-order valence-electron chi connectivity index (χ2n) is 3.40. The average Bonchev–Trinajstić information content (AvgIpc) is 2.61. The first-order valence-electron chi connectivity index (χ1n) is 4.97. The topological polar surface area (TPSA) is 62.5 Å². The van der Waals surface area contributed by atoms with E-state index in [0.29, 0.717) is 23.4 Å². The lowest BCUT2D eigenvalue weighted by Crippen LogP contribution is -2.24. The van der Waals surface area contributed by atoms with Crippen LogP contribution in [-0.4, -0.2) is 23.7 Å². The number of carbonyl (C=O) groups is 1. The summed E-state index contributed by atoms with van der Waals surface area (Å²) in [5.74, 6) is 0.408. The Morgan fingerprint density at radius 2 is 2.44 bits per heavy atom. The third kappa shape index (κ3) is 5.14. The largest absolute Gasteiger partial charge is 0.450 e. The smallest absolute Gasteiger partial charge is 0.244 e. The predicted octanol–water partition coefficient (Wildman–Crippen LogP) is 1.94. The second kappa shape index (κ2) is 6.50. The molecule has 0 aliphatic heterocycles. The number of carbonyl (C=O) groups excluding carboxylic acids is 1. The van der Waals surface area contributed by atoms with Crippen LogP contribution in [0.25, 0.3) is 6.08 Å². The average molecular weight is 288 g/mol. The maximum Gasteiger partial charge on any atom is 0.244 e. The molecule has 0 spiro atoms. The predicted molar refractivity (Wildman–Crippen MR) is 64.7 cm³/mol. The maximum absolute atomic E-state index is 11.3. The van der Waals surface area contributed by atoms with E-state index in [1.54, 1.807) is 25.1 Å². The Morgan fingerprint density at radius 3 is 3.00 bits per heavy atom. The van der Waals surface area contributed by atoms with E-state index < -0.39 is 6.10 Å². The highest BCUT2D eigenvalue weighted by atomic mass is 79.9. The highest BCUT2D eigenvalue weighted by molar-refractivity contribution is 9.10. The molecule has 0 radical (unpaired) electrons. The van der Waals surface area contributed by atoms with Crippen molar-refractivity contribution in [2.75, 3.05) is 6.54 Å². The first-order valence-corrected chi connectivity index (χ1v) is 5.76. The van der Waals surface area contributed by atoms with Gasteiger partial charge < -0.3 is 14.8 Å². The number of aliphatic hydroxyl groups excluding tert-OH is 1. The second-order valence-corrected chi connectivity index (χ2v) is 4.19. The summed E-state index contributed by atoms with van der Waals surface area (Å²) in [5, 5.41) is 11.6. The van der Waals surface area contributed by atoms with E-state index in [9.17, 15) is 4.79 Å². The Balaban J connectivity index is 2.31. The normalized spacial score (nSPS) is 12.9. The molecule has 1 heterocycles. The molecular weight excluding hydrogens is 274 g/mol. The number of nitrogens with one attached hydrogen (secondary N) is 1. The van der Waals surface area contributed by atoms with Crippen LogP contribution in [0.2, 0.25) is 0 Å². The van der Waals surface area contributed by atoms with Gasteiger partial charge in [0.15, 0.2) is 4.67 Å². The van der Waals surface area contributed by atoms with Crippen LogP contribution in [0.15, 0.2) is 27.3 Å². The monoisotopic (exact) mass is 287 g/mol. The maximum atomic E-state index is 11.3. The standard InChI is InChI=1S/C11H14BrNO3/c1-8(14)6-7-13-11(15)5-3-9-2-4-10(12)16-9/h2-5,8,14H,6-7H2,1H3,(H,13,15). The SMILES string of the molecule is CC(O)CCNC(=O)C=Cc1ccc(Br)o1. The van der Waals surface area contributed by atoms with Crippen LogP contribution in [0.4, 0.5) is 0 Å². The molecule has 0 aromatic carbocycles. The van der Waals surface area contributed by atoms with Crippen LogP contribution in [0, 0.1) is 0 Å². The first kappa shape index (κ1) is 13.0. The number of furan rings is 1. The molecule has 4 nitrogen and oxygen atoms in total. The summed E-state index contributed by atoms with van der Waals surface area (Å²) in [6.07, 6.45) is 3.13. The van der Waals surface area contributed by atoms with Crippen LogP contribution in [0.5, 0.6) is 0 Å². The fraction of sp³-hybridized carbons (Fsp3) is 0.364. The summed E-state index contributed by atoms with van der Waals surface area (Å²) < 4.78 is 5.81. The third-order valence-electron chi connectivity index (χ3n) is 1.85. The molecule has 0 fully saturated rings. The highest BCUT2D eigenvalue weighted by Gasteiger charge is 1.99. The molecule has 0 aliphatic rings. The number of rotatable bonds is 5. The van der Waals surface area contributed by atoms with Crippen molar-refractivity contribution in [1.82, 2.24) is 5.32 Å². The fourth-order valence-corrected chi connectivity index (χ4v) is 1.36. The molecule has 1 amide bonds. The van der Waals surface area contributed by atoms with Crippen molar-refractivity contribution in [3.8, 4) is 0 Å². The molecule has 1 atom stereocenters. The Hall–Kier alpha value is -1.07. The minimum Gasteiger partial charge on any atom is -0.450 e. The summed E-state index contributed by atoms with van der Waals surface area (Å²) in [5.41, 5.74) is 0. The Bertz CT molecular complexity index is 371. The molecule has 0 aliphatic carbocycles. The van der Waals surface area contributed by atoms with Gasteiger partial charge >= 0.3 is 0 Å². The fourth-order valence-electron chi connectivity index (χ4n) is 1.04. The lowest BCUT2D eigenvalue weighted by atomic mass is 10.3. The zero-order valence-electron chi connectivity index (χ0n) is 8.94. The zero-order chi connectivity index (χ0) is 12.0. The first-order chi connectivity index (χ1) is 7.58. The molecule has 1 rings (SSSR count). The summed E-state index contributed by atoms with van der Waals surface area (Å²) in [7, 11) is 0. The molecule has 1 aromatic heterocycles. The van der Waals surface area contributed by atoms with Crippen LogP contribution < -0.4 is 5.32 Å². The zero-order valence-corrected chi connectivity index (χ0v) is 10.5. The van der Waals surface area contributed by atoms with Crippen molar-refractivity contribution < 1.29 is 14.3 Å². The number of amides is 1. The van der Waals surface area contributed by atoms with Gasteiger partial charge in [-0.3, -0.25) is 4.79 Å². The molecule has 0 saturated heterocycles. The third-order valence-corrected chi connectivity index (χ3v) is 2.28. The Labute approximate surface area is 102 Å². The van der Waals surface area contributed by atoms with Gasteiger partial charge in [-0.25, -0.2) is 0 Å². The molecule has 88 valence electrons. The van der Waals surface area contributed by atoms with E-state index >= 15 is 0 Å². The molecule has 0 saturated carbocycles. The van der Waals surface area contributed by atoms with E-state index in [1.807, 2.05) is 0 Å². The van der Waals surface area contributed by atoms with Gasteiger partial charge in [0, 0.05) is 12.6 Å². The molecular formula is C11H14BrNO3. The molecule has 1 unspecified atom stereocenters. The van der Waals surface area contributed by atoms with Crippen LogP contribution in [-0.2, 0) is 4.79 Å². The molecule has 2 N–H and O–H groups in total. The quantitative estimate of drug-likeness (QED) is 0.814. The van der Waals surface area contributed by atoms with E-state index in [0.717, 1.165) is 0 Å². The van der Waals surface area contributed by atoms with Gasteiger partial charge in [-0.2, -0.15) is 0 Å². The van der Waals surface area contributed by atoms with Crippen molar-refractivity contribution in [2.45, 2.75) is 19.4 Å². The van der Waals surface area contributed by atoms with Gasteiger partial charge in [0.25, 0.3) is 0 Å². The minimum absolute atomic E-state index is 0.201. The number of halogens is 1. The van der Waals surface area contributed by atoms with Crippen molar-refractivity contribution >= 4 is 27.9 Å². The molecule has 1 aromatic rings. The lowest BCUT2D eigenvalue weighted by Gasteiger charge is -2.03. The Kier molecular flexibility index (Phi) is 5.28.